The first kappa shape index (κ1) is 21.4. The lowest BCUT2D eigenvalue weighted by Gasteiger charge is -2.41. The SMILES string of the molecule is CC1=CC(C(c2cc(C)cc(C)c2)(c2cc(C)cc(C)c2)c2cc(C)cc(C)c2)C=C1. The Bertz CT molecular complexity index is 1020. The summed E-state index contributed by atoms with van der Waals surface area (Å²) in [6.07, 6.45) is 7.14. The molecule has 0 heteroatoms. The third-order valence-electron chi connectivity index (χ3n) is 6.54. The van der Waals surface area contributed by atoms with Gasteiger partial charge in [-0.25, -0.2) is 0 Å². The first-order valence-electron chi connectivity index (χ1n) is 11.3. The van der Waals surface area contributed by atoms with Crippen molar-refractivity contribution in [3.8, 4) is 0 Å². The van der Waals surface area contributed by atoms with E-state index in [0.717, 1.165) is 0 Å². The molecule has 158 valence electrons. The van der Waals surface area contributed by atoms with Crippen LogP contribution in [0, 0.1) is 47.5 Å². The molecule has 1 aliphatic carbocycles. The van der Waals surface area contributed by atoms with Crippen molar-refractivity contribution < 1.29 is 0 Å². The predicted octanol–water partition coefficient (Wildman–Crippen LogP) is 8.00. The van der Waals surface area contributed by atoms with Crippen molar-refractivity contribution >= 4 is 0 Å². The van der Waals surface area contributed by atoms with Crippen LogP contribution in [-0.2, 0) is 5.41 Å². The fraction of sp³-hybridized carbons (Fsp3) is 0.290. The first-order chi connectivity index (χ1) is 14.7. The zero-order valence-corrected chi connectivity index (χ0v) is 20.0. The fourth-order valence-electron chi connectivity index (χ4n) is 5.60. The number of allylic oxidation sites excluding steroid dienone is 4. The molecule has 0 saturated carbocycles. The molecule has 0 heterocycles. The third kappa shape index (κ3) is 3.92. The maximum atomic E-state index is 2.45. The Balaban J connectivity index is 2.19. The van der Waals surface area contributed by atoms with Crippen LogP contribution < -0.4 is 0 Å². The second-order valence-corrected chi connectivity index (χ2v) is 9.73. The van der Waals surface area contributed by atoms with Gasteiger partial charge < -0.3 is 0 Å². The smallest absolute Gasteiger partial charge is 0.0549 e. The lowest BCUT2D eigenvalue weighted by atomic mass is 9.61. The summed E-state index contributed by atoms with van der Waals surface area (Å²) >= 11 is 0. The summed E-state index contributed by atoms with van der Waals surface area (Å²) in [6.45, 7) is 15.5. The number of hydrogen-bond donors (Lipinski definition) is 0. The van der Waals surface area contributed by atoms with Gasteiger partial charge in [-0.15, -0.1) is 0 Å². The van der Waals surface area contributed by atoms with Gasteiger partial charge in [0.2, 0.25) is 0 Å². The van der Waals surface area contributed by atoms with E-state index in [1.165, 1.54) is 55.6 Å². The van der Waals surface area contributed by atoms with Gasteiger partial charge in [0.25, 0.3) is 0 Å². The summed E-state index contributed by atoms with van der Waals surface area (Å²) < 4.78 is 0. The van der Waals surface area contributed by atoms with Gasteiger partial charge in [0.1, 0.15) is 0 Å². The quantitative estimate of drug-likeness (QED) is 0.385. The minimum Gasteiger partial charge on any atom is -0.0758 e. The molecule has 0 fully saturated rings. The molecule has 0 nitrogen and oxygen atoms in total. The van der Waals surface area contributed by atoms with Crippen molar-refractivity contribution in [1.29, 1.82) is 0 Å². The third-order valence-corrected chi connectivity index (χ3v) is 6.54. The maximum Gasteiger partial charge on any atom is 0.0549 e. The number of hydrogen-bond acceptors (Lipinski definition) is 0. The molecule has 0 aromatic heterocycles. The highest BCUT2D eigenvalue weighted by molar-refractivity contribution is 5.58. The zero-order valence-electron chi connectivity index (χ0n) is 20.0. The molecule has 1 aliphatic rings. The second-order valence-electron chi connectivity index (χ2n) is 9.73. The molecular weight excluding hydrogens is 372 g/mol. The van der Waals surface area contributed by atoms with Crippen LogP contribution in [0.15, 0.2) is 78.4 Å². The monoisotopic (exact) mass is 406 g/mol. The molecule has 0 spiro atoms. The second kappa shape index (κ2) is 8.00. The predicted molar refractivity (Wildman–Crippen MR) is 134 cm³/mol. The molecule has 31 heavy (non-hydrogen) atoms. The molecule has 0 amide bonds. The van der Waals surface area contributed by atoms with E-state index in [0.29, 0.717) is 0 Å². The van der Waals surface area contributed by atoms with Gasteiger partial charge in [-0.05, 0) is 65.2 Å². The summed E-state index contributed by atoms with van der Waals surface area (Å²) in [5.74, 6) is 0.260. The highest BCUT2D eigenvalue weighted by Crippen LogP contribution is 2.49. The van der Waals surface area contributed by atoms with Crippen LogP contribution in [0.3, 0.4) is 0 Å². The van der Waals surface area contributed by atoms with E-state index in [1.54, 1.807) is 0 Å². The van der Waals surface area contributed by atoms with Gasteiger partial charge in [-0.2, -0.15) is 0 Å². The van der Waals surface area contributed by atoms with Crippen LogP contribution in [0.5, 0.6) is 0 Å². The summed E-state index contributed by atoms with van der Waals surface area (Å²) in [6, 6.07) is 21.2. The average Bonchev–Trinajstić information content (AvgIpc) is 3.06. The van der Waals surface area contributed by atoms with Crippen LogP contribution >= 0.6 is 0 Å². The van der Waals surface area contributed by atoms with Crippen molar-refractivity contribution in [3.05, 3.63) is 128 Å². The normalized spacial score (nSPS) is 16.0. The minimum absolute atomic E-state index is 0.260. The minimum atomic E-state index is -0.279. The fourth-order valence-corrected chi connectivity index (χ4v) is 5.60. The molecule has 3 aromatic carbocycles. The zero-order chi connectivity index (χ0) is 22.3. The molecule has 4 rings (SSSR count). The van der Waals surface area contributed by atoms with Crippen LogP contribution in [-0.4, -0.2) is 0 Å². The Morgan fingerprint density at radius 2 is 0.806 bits per heavy atom. The molecule has 0 aliphatic heterocycles. The Kier molecular flexibility index (Phi) is 5.52. The van der Waals surface area contributed by atoms with Crippen LogP contribution in [0.1, 0.15) is 57.0 Å². The summed E-state index contributed by atoms with van der Waals surface area (Å²) in [7, 11) is 0. The molecule has 0 radical (unpaired) electrons. The Morgan fingerprint density at radius 3 is 1.06 bits per heavy atom. The van der Waals surface area contributed by atoms with E-state index in [2.05, 4.69) is 121 Å². The number of aryl methyl sites for hydroxylation is 6. The maximum absolute atomic E-state index is 2.45. The van der Waals surface area contributed by atoms with Crippen molar-refractivity contribution in [2.75, 3.05) is 0 Å². The highest BCUT2D eigenvalue weighted by Gasteiger charge is 2.43. The van der Waals surface area contributed by atoms with Crippen molar-refractivity contribution in [2.24, 2.45) is 5.92 Å². The van der Waals surface area contributed by atoms with E-state index >= 15 is 0 Å². The first-order valence-corrected chi connectivity index (χ1v) is 11.3. The molecule has 1 atom stereocenters. The Labute approximate surface area is 188 Å². The van der Waals surface area contributed by atoms with Crippen molar-refractivity contribution in [2.45, 2.75) is 53.9 Å². The number of rotatable bonds is 4. The van der Waals surface area contributed by atoms with Gasteiger partial charge in [-0.1, -0.05) is 112 Å². The number of benzene rings is 3. The molecule has 1 unspecified atom stereocenters. The average molecular weight is 407 g/mol. The lowest BCUT2D eigenvalue weighted by Crippen LogP contribution is -2.36. The highest BCUT2D eigenvalue weighted by atomic mass is 14.4. The van der Waals surface area contributed by atoms with E-state index < -0.39 is 0 Å². The summed E-state index contributed by atoms with van der Waals surface area (Å²) in [5, 5.41) is 0. The summed E-state index contributed by atoms with van der Waals surface area (Å²) in [4.78, 5) is 0. The van der Waals surface area contributed by atoms with Gasteiger partial charge in [0.15, 0.2) is 0 Å². The van der Waals surface area contributed by atoms with E-state index in [-0.39, 0.29) is 11.3 Å². The largest absolute Gasteiger partial charge is 0.0758 e. The molecule has 0 bridgehead atoms. The van der Waals surface area contributed by atoms with Crippen LogP contribution in [0.25, 0.3) is 0 Å². The molecule has 3 aromatic rings. The van der Waals surface area contributed by atoms with Crippen molar-refractivity contribution in [3.63, 3.8) is 0 Å². The van der Waals surface area contributed by atoms with Crippen molar-refractivity contribution in [1.82, 2.24) is 0 Å². The van der Waals surface area contributed by atoms with Crippen LogP contribution in [0.2, 0.25) is 0 Å². The lowest BCUT2D eigenvalue weighted by molar-refractivity contribution is 0.525. The van der Waals surface area contributed by atoms with Gasteiger partial charge in [-0.3, -0.25) is 0 Å². The van der Waals surface area contributed by atoms with Crippen LogP contribution in [0.4, 0.5) is 0 Å². The Morgan fingerprint density at radius 1 is 0.484 bits per heavy atom. The van der Waals surface area contributed by atoms with Gasteiger partial charge in [0, 0.05) is 5.92 Å². The molecule has 0 N–H and O–H groups in total. The topological polar surface area (TPSA) is 0 Å². The Hall–Kier alpha value is -2.86. The molecule has 0 saturated heterocycles. The molecular formula is C31H34. The van der Waals surface area contributed by atoms with Gasteiger partial charge >= 0.3 is 0 Å². The standard InChI is InChI=1S/C31H34/c1-20-8-9-27(13-20)31(28-14-21(2)10-22(3)15-28,29-16-23(4)11-24(5)17-29)30-18-25(6)12-26(7)19-30/h8-19,27H,1-7H3. The van der Waals surface area contributed by atoms with E-state index in [1.807, 2.05) is 0 Å². The summed E-state index contributed by atoms with van der Waals surface area (Å²) in [5.41, 5.74) is 13.1. The van der Waals surface area contributed by atoms with Gasteiger partial charge in [0.05, 0.1) is 5.41 Å². The van der Waals surface area contributed by atoms with E-state index in [4.69, 9.17) is 0 Å². The van der Waals surface area contributed by atoms with E-state index in [9.17, 15) is 0 Å².